The van der Waals surface area contributed by atoms with E-state index in [2.05, 4.69) is 30.0 Å². The highest BCUT2D eigenvalue weighted by Gasteiger charge is 2.54. The highest BCUT2D eigenvalue weighted by Crippen LogP contribution is 2.41. The third-order valence-corrected chi connectivity index (χ3v) is 8.93. The molecular weight excluding hydrogens is 561 g/mol. The number of carboxylic acids is 1. The Hall–Kier alpha value is -3.54. The summed E-state index contributed by atoms with van der Waals surface area (Å²) in [6.07, 6.45) is 0. The molecule has 1 aromatic carbocycles. The number of nitrogens with one attached hydrogen (secondary N) is 1. The van der Waals surface area contributed by atoms with Crippen LogP contribution in [0.25, 0.3) is 0 Å². The smallest absolute Gasteiger partial charge is 0.352 e. The number of oxime groups is 1. The Morgan fingerprint density at radius 2 is 2.14 bits per heavy atom. The van der Waals surface area contributed by atoms with Gasteiger partial charge in [-0.25, -0.2) is 4.79 Å². The number of aliphatic carboxylic acids is 1. The van der Waals surface area contributed by atoms with Gasteiger partial charge in [-0.05, 0) is 17.7 Å². The van der Waals surface area contributed by atoms with E-state index in [0.29, 0.717) is 27.2 Å². The van der Waals surface area contributed by atoms with Crippen LogP contribution in [-0.2, 0) is 14.4 Å². The zero-order valence-electron chi connectivity index (χ0n) is 18.5. The maximum Gasteiger partial charge on any atom is 0.352 e. The number of aromatic nitrogens is 4. The van der Waals surface area contributed by atoms with E-state index in [-0.39, 0.29) is 22.4 Å². The summed E-state index contributed by atoms with van der Waals surface area (Å²) in [5.74, 6) is -1.48. The first-order chi connectivity index (χ1) is 17.9. The second-order valence-corrected chi connectivity index (χ2v) is 11.4. The summed E-state index contributed by atoms with van der Waals surface area (Å²) in [4.78, 5) is 48.8. The number of benzene rings is 1. The first-order valence-electron chi connectivity index (χ1n) is 10.4. The number of hydrogen-bond donors (Lipinski definition) is 3. The van der Waals surface area contributed by atoms with Crippen molar-refractivity contribution in [3.63, 3.8) is 0 Å². The van der Waals surface area contributed by atoms with Gasteiger partial charge in [0.15, 0.2) is 15.2 Å². The molecule has 4 N–H and O–H groups in total. The average molecular weight is 577 g/mol. The standard InChI is InChI=1S/C20H16N8O5S4/c21-19-24-14(27-37-19)11(26-33-10-4-2-1-3-5-10)15(29)23-12-16(30)28-13(18(31)32)9(6-34-17(12)28)7-35-20-25-22-8-36-20/h1-5,8,12,17H,6-7H2,(H,23,29)(H,31,32)(H2,21,24,27)/t12?,17-/m1/s1. The highest BCUT2D eigenvalue weighted by atomic mass is 32.2. The quantitative estimate of drug-likeness (QED) is 0.144. The van der Waals surface area contributed by atoms with E-state index in [0.717, 1.165) is 11.5 Å². The number of β-lactam (4-membered cyclic amide) rings is 1. The summed E-state index contributed by atoms with van der Waals surface area (Å²) in [5.41, 5.74) is 7.50. The Morgan fingerprint density at radius 1 is 1.32 bits per heavy atom. The van der Waals surface area contributed by atoms with Crippen LogP contribution in [0.3, 0.4) is 0 Å². The Morgan fingerprint density at radius 3 is 2.81 bits per heavy atom. The predicted molar refractivity (Wildman–Crippen MR) is 138 cm³/mol. The second kappa shape index (κ2) is 10.8. The van der Waals surface area contributed by atoms with Crippen molar-refractivity contribution in [2.75, 3.05) is 17.2 Å². The Bertz CT molecular complexity index is 1390. The zero-order chi connectivity index (χ0) is 25.9. The van der Waals surface area contributed by atoms with Gasteiger partial charge in [-0.3, -0.25) is 14.5 Å². The maximum absolute atomic E-state index is 13.1. The van der Waals surface area contributed by atoms with Crippen LogP contribution in [0.2, 0.25) is 0 Å². The number of thioether (sulfide) groups is 2. The number of carboxylic acid groups (broad SMARTS) is 1. The summed E-state index contributed by atoms with van der Waals surface area (Å²) in [6.45, 7) is 0. The topological polar surface area (TPSA) is 186 Å². The van der Waals surface area contributed by atoms with E-state index < -0.39 is 29.2 Å². The van der Waals surface area contributed by atoms with Crippen LogP contribution >= 0.6 is 46.4 Å². The molecule has 5 rings (SSSR count). The van der Waals surface area contributed by atoms with Crippen LogP contribution in [-0.4, -0.2) is 76.0 Å². The van der Waals surface area contributed by atoms with E-state index in [9.17, 15) is 19.5 Å². The molecule has 37 heavy (non-hydrogen) atoms. The molecule has 4 heterocycles. The van der Waals surface area contributed by atoms with E-state index in [1.165, 1.54) is 39.8 Å². The second-order valence-electron chi connectivity index (χ2n) is 7.41. The molecule has 2 aliphatic heterocycles. The number of carbonyl (C=O) groups is 3. The third kappa shape index (κ3) is 5.29. The SMILES string of the molecule is Nc1nc(C(=NOc2ccccc2)C(=O)NC2C(=O)N3C(C(=O)O)=C(CSc4nncs4)CS[C@H]23)ns1. The van der Waals surface area contributed by atoms with Crippen molar-refractivity contribution in [2.45, 2.75) is 15.8 Å². The van der Waals surface area contributed by atoms with Gasteiger partial charge in [-0.1, -0.05) is 46.5 Å². The van der Waals surface area contributed by atoms with Gasteiger partial charge in [-0.15, -0.1) is 22.0 Å². The van der Waals surface area contributed by atoms with Gasteiger partial charge in [0.05, 0.1) is 0 Å². The number of rotatable bonds is 9. The number of hydrogen-bond acceptors (Lipinski definition) is 14. The fourth-order valence-corrected chi connectivity index (χ4v) is 6.88. The zero-order valence-corrected chi connectivity index (χ0v) is 21.8. The molecule has 1 saturated heterocycles. The molecule has 190 valence electrons. The molecular formula is C20H16N8O5S4. The minimum atomic E-state index is -1.21. The number of nitrogens with two attached hydrogens (primary N) is 1. The first-order valence-corrected chi connectivity index (χ1v) is 14.1. The normalized spacial score (nSPS) is 19.3. The lowest BCUT2D eigenvalue weighted by atomic mass is 10.0. The van der Waals surface area contributed by atoms with Gasteiger partial charge >= 0.3 is 5.97 Å². The number of nitrogen functional groups attached to an aromatic ring is 1. The Labute approximate surface area is 225 Å². The van der Waals surface area contributed by atoms with Crippen molar-refractivity contribution >= 4 is 75.0 Å². The van der Waals surface area contributed by atoms with Crippen molar-refractivity contribution in [3.8, 4) is 5.75 Å². The van der Waals surface area contributed by atoms with Gasteiger partial charge < -0.3 is 21.0 Å². The summed E-state index contributed by atoms with van der Waals surface area (Å²) in [7, 11) is 0. The van der Waals surface area contributed by atoms with Crippen LogP contribution in [0.4, 0.5) is 5.13 Å². The molecule has 2 atom stereocenters. The monoisotopic (exact) mass is 576 g/mol. The van der Waals surface area contributed by atoms with Crippen molar-refractivity contribution in [1.82, 2.24) is 29.8 Å². The van der Waals surface area contributed by atoms with Crippen molar-refractivity contribution in [1.29, 1.82) is 0 Å². The van der Waals surface area contributed by atoms with E-state index in [1.807, 2.05) is 0 Å². The van der Waals surface area contributed by atoms with Gasteiger partial charge in [0.2, 0.25) is 11.5 Å². The van der Waals surface area contributed by atoms with Gasteiger partial charge in [0.1, 0.15) is 22.6 Å². The van der Waals surface area contributed by atoms with Crippen LogP contribution in [0.1, 0.15) is 5.82 Å². The van der Waals surface area contributed by atoms with Gasteiger partial charge in [-0.2, -0.15) is 9.36 Å². The lowest BCUT2D eigenvalue weighted by Crippen LogP contribution is -2.71. The molecule has 2 amide bonds. The van der Waals surface area contributed by atoms with Crippen LogP contribution in [0.15, 0.2) is 56.6 Å². The average Bonchev–Trinajstić information content (AvgIpc) is 3.58. The fourth-order valence-electron chi connectivity index (χ4n) is 3.47. The third-order valence-electron chi connectivity index (χ3n) is 5.10. The predicted octanol–water partition coefficient (Wildman–Crippen LogP) is 1.29. The summed E-state index contributed by atoms with van der Waals surface area (Å²) < 4.78 is 4.72. The molecule has 17 heteroatoms. The number of carbonyl (C=O) groups excluding carboxylic acids is 2. The molecule has 13 nitrogen and oxygen atoms in total. The summed E-state index contributed by atoms with van der Waals surface area (Å²) in [6, 6.07) is 7.59. The first kappa shape index (κ1) is 25.1. The molecule has 0 saturated carbocycles. The van der Waals surface area contributed by atoms with E-state index in [1.54, 1.807) is 35.8 Å². The van der Waals surface area contributed by atoms with Gasteiger partial charge in [0, 0.05) is 23.0 Å². The van der Waals surface area contributed by atoms with Gasteiger partial charge in [0.25, 0.3) is 11.8 Å². The largest absolute Gasteiger partial charge is 0.477 e. The number of fused-ring (bicyclic) bond motifs is 1. The highest BCUT2D eigenvalue weighted by molar-refractivity contribution is 8.01. The molecule has 3 aromatic rings. The summed E-state index contributed by atoms with van der Waals surface area (Å²) >= 11 is 4.93. The van der Waals surface area contributed by atoms with Crippen molar-refractivity contribution in [2.24, 2.45) is 5.16 Å². The number of amides is 2. The minimum absolute atomic E-state index is 0.0574. The number of anilines is 1. The molecule has 2 aliphatic rings. The maximum atomic E-state index is 13.1. The van der Waals surface area contributed by atoms with E-state index >= 15 is 0 Å². The fraction of sp³-hybridized carbons (Fsp3) is 0.200. The molecule has 0 spiro atoms. The summed E-state index contributed by atoms with van der Waals surface area (Å²) in [5, 5.41) is 23.6. The number of nitrogens with zero attached hydrogens (tertiary/aromatic N) is 6. The Balaban J connectivity index is 1.33. The van der Waals surface area contributed by atoms with Crippen molar-refractivity contribution < 1.29 is 24.3 Å². The molecule has 1 unspecified atom stereocenters. The lowest BCUT2D eigenvalue weighted by Gasteiger charge is -2.49. The molecule has 0 aliphatic carbocycles. The Kier molecular flexibility index (Phi) is 7.36. The number of para-hydroxylation sites is 1. The molecule has 0 bridgehead atoms. The van der Waals surface area contributed by atoms with Crippen LogP contribution in [0.5, 0.6) is 5.75 Å². The van der Waals surface area contributed by atoms with Crippen molar-refractivity contribution in [3.05, 3.63) is 52.9 Å². The van der Waals surface area contributed by atoms with Crippen LogP contribution < -0.4 is 15.9 Å². The lowest BCUT2D eigenvalue weighted by molar-refractivity contribution is -0.150. The van der Waals surface area contributed by atoms with Crippen LogP contribution in [0, 0.1) is 0 Å². The molecule has 0 radical (unpaired) electrons. The van der Waals surface area contributed by atoms with E-state index in [4.69, 9.17) is 10.6 Å². The molecule has 1 fully saturated rings. The molecule has 2 aromatic heterocycles. The minimum Gasteiger partial charge on any atom is -0.477 e.